The number of nitrogens with zero attached hydrogens (tertiary/aromatic N) is 1. The first kappa shape index (κ1) is 17.4. The molecule has 1 aromatic carbocycles. The van der Waals surface area contributed by atoms with Crippen LogP contribution in [0.1, 0.15) is 57.2 Å². The van der Waals surface area contributed by atoms with Gasteiger partial charge in [0, 0.05) is 28.9 Å². The second-order valence-electron chi connectivity index (χ2n) is 8.59. The summed E-state index contributed by atoms with van der Waals surface area (Å²) in [6, 6.07) is 4.64. The maximum atomic E-state index is 5.56. The van der Waals surface area contributed by atoms with E-state index in [0.29, 0.717) is 11.5 Å². The highest BCUT2D eigenvalue weighted by molar-refractivity contribution is 5.96. The Morgan fingerprint density at radius 2 is 1.85 bits per heavy atom. The van der Waals surface area contributed by atoms with E-state index in [0.717, 1.165) is 35.2 Å². The van der Waals surface area contributed by atoms with Crippen LogP contribution >= 0.6 is 0 Å². The molecule has 26 heavy (non-hydrogen) atoms. The second kappa shape index (κ2) is 6.64. The summed E-state index contributed by atoms with van der Waals surface area (Å²) in [5, 5.41) is 5.09. The second-order valence-corrected chi connectivity index (χ2v) is 8.59. The molecule has 2 aromatic rings. The van der Waals surface area contributed by atoms with Crippen LogP contribution in [0.3, 0.4) is 0 Å². The van der Waals surface area contributed by atoms with Crippen molar-refractivity contribution in [2.45, 2.75) is 64.8 Å². The molecule has 1 N–H and O–H groups in total. The molecule has 2 aliphatic rings. The summed E-state index contributed by atoms with van der Waals surface area (Å²) in [4.78, 5) is 4.95. The fourth-order valence-electron chi connectivity index (χ4n) is 4.78. The van der Waals surface area contributed by atoms with Gasteiger partial charge in [0.25, 0.3) is 0 Å². The first-order valence-electron chi connectivity index (χ1n) is 9.85. The monoisotopic (exact) mass is 354 g/mol. The third-order valence-electron chi connectivity index (χ3n) is 6.07. The summed E-state index contributed by atoms with van der Waals surface area (Å²) >= 11 is 0. The number of benzene rings is 1. The van der Waals surface area contributed by atoms with E-state index in [1.165, 1.54) is 49.0 Å². The first-order valence-corrected chi connectivity index (χ1v) is 9.85. The number of rotatable bonds is 4. The van der Waals surface area contributed by atoms with Crippen molar-refractivity contribution >= 4 is 16.6 Å². The van der Waals surface area contributed by atoms with Crippen molar-refractivity contribution in [2.75, 3.05) is 19.5 Å². The highest BCUT2D eigenvalue weighted by atomic mass is 16.5. The van der Waals surface area contributed by atoms with Crippen molar-refractivity contribution in [1.29, 1.82) is 0 Å². The van der Waals surface area contributed by atoms with E-state index in [1.54, 1.807) is 14.2 Å². The van der Waals surface area contributed by atoms with E-state index in [-0.39, 0.29) is 0 Å². The first-order chi connectivity index (χ1) is 12.5. The van der Waals surface area contributed by atoms with Gasteiger partial charge in [-0.1, -0.05) is 20.3 Å². The highest BCUT2D eigenvalue weighted by Crippen LogP contribution is 2.42. The Kier molecular flexibility index (Phi) is 4.45. The number of hydrogen-bond donors (Lipinski definition) is 1. The van der Waals surface area contributed by atoms with Gasteiger partial charge in [0.1, 0.15) is 0 Å². The third kappa shape index (κ3) is 3.10. The standard InChI is InChI=1S/C22H30N2O2/c1-22(2)10-6-7-14(13-22)23-21-15-8-5-9-17(15)24-18-12-20(26-4)19(25-3)11-16(18)21/h11-12,14H,5-10,13H2,1-4H3,(H,23,24)/t14-/m0/s1. The maximum Gasteiger partial charge on any atom is 0.162 e. The van der Waals surface area contributed by atoms with Crippen molar-refractivity contribution in [2.24, 2.45) is 5.41 Å². The molecule has 1 aromatic heterocycles. The lowest BCUT2D eigenvalue weighted by Gasteiger charge is -2.36. The average molecular weight is 354 g/mol. The molecule has 0 aliphatic heterocycles. The lowest BCUT2D eigenvalue weighted by molar-refractivity contribution is 0.229. The van der Waals surface area contributed by atoms with Crippen LogP contribution in [0.15, 0.2) is 12.1 Å². The molecule has 1 saturated carbocycles. The predicted molar refractivity (Wildman–Crippen MR) is 107 cm³/mol. The molecule has 0 unspecified atom stereocenters. The quantitative estimate of drug-likeness (QED) is 0.827. The zero-order valence-corrected chi connectivity index (χ0v) is 16.4. The molecule has 1 fully saturated rings. The van der Waals surface area contributed by atoms with Crippen molar-refractivity contribution in [3.63, 3.8) is 0 Å². The summed E-state index contributed by atoms with van der Waals surface area (Å²) in [5.41, 5.74) is 5.37. The van der Waals surface area contributed by atoms with Crippen molar-refractivity contribution in [1.82, 2.24) is 4.98 Å². The van der Waals surface area contributed by atoms with Gasteiger partial charge in [-0.15, -0.1) is 0 Å². The summed E-state index contributed by atoms with van der Waals surface area (Å²) in [7, 11) is 3.38. The van der Waals surface area contributed by atoms with Crippen molar-refractivity contribution in [3.05, 3.63) is 23.4 Å². The zero-order valence-electron chi connectivity index (χ0n) is 16.4. The summed E-state index contributed by atoms with van der Waals surface area (Å²) < 4.78 is 11.1. The van der Waals surface area contributed by atoms with Crippen LogP contribution in [0.2, 0.25) is 0 Å². The SMILES string of the molecule is COc1cc2nc3c(c(N[C@H]4CCCC(C)(C)C4)c2cc1OC)CCC3. The Hall–Kier alpha value is -1.97. The predicted octanol–water partition coefficient (Wildman–Crippen LogP) is 5.12. The molecule has 140 valence electrons. The molecule has 0 radical (unpaired) electrons. The molecule has 4 rings (SSSR count). The van der Waals surface area contributed by atoms with Crippen LogP contribution in [0, 0.1) is 5.41 Å². The fraction of sp³-hybridized carbons (Fsp3) is 0.591. The summed E-state index contributed by atoms with van der Waals surface area (Å²) in [5.74, 6) is 1.52. The molecular formula is C22H30N2O2. The number of aromatic nitrogens is 1. The highest BCUT2D eigenvalue weighted by Gasteiger charge is 2.30. The number of aryl methyl sites for hydroxylation is 1. The Morgan fingerprint density at radius 3 is 2.58 bits per heavy atom. The molecule has 0 saturated heterocycles. The number of pyridine rings is 1. The van der Waals surface area contributed by atoms with E-state index in [1.807, 2.05) is 6.07 Å². The number of nitrogens with one attached hydrogen (secondary N) is 1. The molecule has 2 aliphatic carbocycles. The number of ether oxygens (including phenoxy) is 2. The Morgan fingerprint density at radius 1 is 1.08 bits per heavy atom. The van der Waals surface area contributed by atoms with Crippen LogP contribution in [-0.2, 0) is 12.8 Å². The topological polar surface area (TPSA) is 43.4 Å². The van der Waals surface area contributed by atoms with Gasteiger partial charge in [0.05, 0.1) is 19.7 Å². The molecular weight excluding hydrogens is 324 g/mol. The summed E-state index contributed by atoms with van der Waals surface area (Å²) in [6.07, 6.45) is 8.47. The molecule has 1 heterocycles. The average Bonchev–Trinajstić information content (AvgIpc) is 3.08. The van der Waals surface area contributed by atoms with E-state index >= 15 is 0 Å². The van der Waals surface area contributed by atoms with Crippen LogP contribution < -0.4 is 14.8 Å². The van der Waals surface area contributed by atoms with E-state index in [9.17, 15) is 0 Å². The van der Waals surface area contributed by atoms with Crippen LogP contribution in [0.5, 0.6) is 11.5 Å². The smallest absolute Gasteiger partial charge is 0.162 e. The van der Waals surface area contributed by atoms with Gasteiger partial charge in [-0.2, -0.15) is 0 Å². The number of fused-ring (bicyclic) bond motifs is 2. The Bertz CT molecular complexity index is 829. The van der Waals surface area contributed by atoms with E-state index < -0.39 is 0 Å². The minimum atomic E-state index is 0.419. The Labute approximate surface area is 156 Å². The minimum Gasteiger partial charge on any atom is -0.493 e. The number of hydrogen-bond acceptors (Lipinski definition) is 4. The van der Waals surface area contributed by atoms with Crippen molar-refractivity contribution in [3.8, 4) is 11.5 Å². The molecule has 0 amide bonds. The molecule has 0 bridgehead atoms. The van der Waals surface area contributed by atoms with Crippen molar-refractivity contribution < 1.29 is 9.47 Å². The van der Waals surface area contributed by atoms with E-state index in [2.05, 4.69) is 25.2 Å². The van der Waals surface area contributed by atoms with Gasteiger partial charge < -0.3 is 14.8 Å². The minimum absolute atomic E-state index is 0.419. The summed E-state index contributed by atoms with van der Waals surface area (Å²) in [6.45, 7) is 4.79. The van der Waals surface area contributed by atoms with Gasteiger partial charge in [0.15, 0.2) is 11.5 Å². The molecule has 4 nitrogen and oxygen atoms in total. The van der Waals surface area contributed by atoms with Gasteiger partial charge >= 0.3 is 0 Å². The van der Waals surface area contributed by atoms with E-state index in [4.69, 9.17) is 14.5 Å². The Balaban J connectivity index is 1.81. The zero-order chi connectivity index (χ0) is 18.3. The fourth-order valence-corrected chi connectivity index (χ4v) is 4.78. The lowest BCUT2D eigenvalue weighted by atomic mass is 9.75. The number of methoxy groups -OCH3 is 2. The third-order valence-corrected chi connectivity index (χ3v) is 6.07. The molecule has 4 heteroatoms. The van der Waals surface area contributed by atoms with Crippen LogP contribution in [-0.4, -0.2) is 25.2 Å². The maximum absolute atomic E-state index is 5.56. The molecule has 0 spiro atoms. The largest absolute Gasteiger partial charge is 0.493 e. The normalized spacial score (nSPS) is 21.5. The number of anilines is 1. The van der Waals surface area contributed by atoms with Crippen LogP contribution in [0.25, 0.3) is 10.9 Å². The molecule has 1 atom stereocenters. The lowest BCUT2D eigenvalue weighted by Crippen LogP contribution is -2.32. The van der Waals surface area contributed by atoms with Gasteiger partial charge in [0.2, 0.25) is 0 Å². The van der Waals surface area contributed by atoms with Gasteiger partial charge in [-0.25, -0.2) is 0 Å². The van der Waals surface area contributed by atoms with Crippen LogP contribution in [0.4, 0.5) is 5.69 Å². The van der Waals surface area contributed by atoms with Gasteiger partial charge in [-0.3, -0.25) is 4.98 Å². The van der Waals surface area contributed by atoms with Gasteiger partial charge in [-0.05, 0) is 55.6 Å².